The van der Waals surface area contributed by atoms with Gasteiger partial charge in [0.2, 0.25) is 5.60 Å². The van der Waals surface area contributed by atoms with Crippen LogP contribution in [0.2, 0.25) is 0 Å². The summed E-state index contributed by atoms with van der Waals surface area (Å²) in [7, 11) is -1.70. The van der Waals surface area contributed by atoms with Gasteiger partial charge >= 0.3 is 7.12 Å². The van der Waals surface area contributed by atoms with Gasteiger partial charge < -0.3 is 25.5 Å². The minimum Gasteiger partial charge on any atom is -0.426 e. The highest BCUT2D eigenvalue weighted by atomic mass is 32.1. The van der Waals surface area contributed by atoms with Crippen molar-refractivity contribution in [1.82, 2.24) is 10.6 Å². The Bertz CT molecular complexity index is 1210. The molecule has 0 radical (unpaired) electrons. The first kappa shape index (κ1) is 25.9. The number of amides is 2. The molecule has 0 fully saturated rings. The Kier molecular flexibility index (Phi) is 8.08. The Labute approximate surface area is 214 Å². The van der Waals surface area contributed by atoms with Gasteiger partial charge in [0.05, 0.1) is 23.1 Å². The van der Waals surface area contributed by atoms with Gasteiger partial charge in [-0.1, -0.05) is 67.5 Å². The van der Waals surface area contributed by atoms with Gasteiger partial charge in [0.15, 0.2) is 0 Å². The molecule has 0 saturated heterocycles. The predicted molar refractivity (Wildman–Crippen MR) is 142 cm³/mol. The SMILES string of the molecule is CC(C)C[C@H](NC(=O)C1(Cc2ccccc2)CC(CNC(=O)c2cc3ccccc3s2)=NO1)B(O)O. The average Bonchev–Trinajstić information content (AvgIpc) is 3.47. The summed E-state index contributed by atoms with van der Waals surface area (Å²) in [6.07, 6.45) is 0.799. The van der Waals surface area contributed by atoms with E-state index in [0.717, 1.165) is 15.6 Å². The normalized spacial score (nSPS) is 18.0. The smallest absolute Gasteiger partial charge is 0.426 e. The molecule has 2 atom stereocenters. The molecule has 4 rings (SSSR count). The summed E-state index contributed by atoms with van der Waals surface area (Å²) < 4.78 is 1.03. The topological polar surface area (TPSA) is 120 Å². The third kappa shape index (κ3) is 6.13. The fourth-order valence-corrected chi connectivity index (χ4v) is 5.27. The van der Waals surface area contributed by atoms with Gasteiger partial charge in [0.25, 0.3) is 11.8 Å². The molecule has 0 spiro atoms. The lowest BCUT2D eigenvalue weighted by Gasteiger charge is -2.29. The summed E-state index contributed by atoms with van der Waals surface area (Å²) in [5.74, 6) is -1.39. The Morgan fingerprint density at radius 2 is 1.86 bits per heavy atom. The Hall–Kier alpha value is -3.21. The number of hydrogen-bond donors (Lipinski definition) is 4. The van der Waals surface area contributed by atoms with E-state index < -0.39 is 24.6 Å². The summed E-state index contributed by atoms with van der Waals surface area (Å²) in [5.41, 5.74) is 0.0484. The van der Waals surface area contributed by atoms with Crippen molar-refractivity contribution in [2.75, 3.05) is 6.54 Å². The van der Waals surface area contributed by atoms with Crippen LogP contribution < -0.4 is 10.6 Å². The molecular weight excluding hydrogens is 477 g/mol. The molecule has 10 heteroatoms. The third-order valence-electron chi connectivity index (χ3n) is 6.09. The van der Waals surface area contributed by atoms with Crippen LogP contribution in [0.25, 0.3) is 10.1 Å². The van der Waals surface area contributed by atoms with E-state index in [0.29, 0.717) is 17.0 Å². The first-order chi connectivity index (χ1) is 17.3. The Balaban J connectivity index is 1.46. The van der Waals surface area contributed by atoms with Crippen molar-refractivity contribution in [3.63, 3.8) is 0 Å². The number of nitrogens with zero attached hydrogens (tertiary/aromatic N) is 1. The second kappa shape index (κ2) is 11.2. The van der Waals surface area contributed by atoms with Crippen LogP contribution in [-0.2, 0) is 16.1 Å². The van der Waals surface area contributed by atoms with E-state index in [9.17, 15) is 19.6 Å². The van der Waals surface area contributed by atoms with E-state index in [1.165, 1.54) is 11.3 Å². The highest BCUT2D eigenvalue weighted by Crippen LogP contribution is 2.30. The minimum atomic E-state index is -1.70. The molecule has 1 aliphatic heterocycles. The summed E-state index contributed by atoms with van der Waals surface area (Å²) in [5, 5.41) is 30.4. The number of nitrogens with one attached hydrogen (secondary N) is 2. The van der Waals surface area contributed by atoms with Crippen LogP contribution in [0.15, 0.2) is 65.8 Å². The molecule has 4 N–H and O–H groups in total. The van der Waals surface area contributed by atoms with E-state index in [1.807, 2.05) is 74.5 Å². The maximum Gasteiger partial charge on any atom is 0.475 e. The molecule has 188 valence electrons. The average molecular weight is 507 g/mol. The highest BCUT2D eigenvalue weighted by Gasteiger charge is 2.48. The molecule has 8 nitrogen and oxygen atoms in total. The van der Waals surface area contributed by atoms with Crippen molar-refractivity contribution in [2.45, 2.75) is 44.7 Å². The molecule has 0 saturated carbocycles. The molecule has 2 amide bonds. The number of rotatable bonds is 10. The number of thiophene rings is 1. The zero-order chi connectivity index (χ0) is 25.7. The van der Waals surface area contributed by atoms with E-state index in [-0.39, 0.29) is 31.2 Å². The van der Waals surface area contributed by atoms with Crippen molar-refractivity contribution in [1.29, 1.82) is 0 Å². The first-order valence-electron chi connectivity index (χ1n) is 12.0. The molecule has 1 unspecified atom stereocenters. The molecule has 2 aromatic carbocycles. The molecule has 2 heterocycles. The van der Waals surface area contributed by atoms with Crippen molar-refractivity contribution >= 4 is 46.1 Å². The van der Waals surface area contributed by atoms with Gasteiger partial charge in [-0.15, -0.1) is 11.3 Å². The number of carbonyl (C=O) groups excluding carboxylic acids is 2. The van der Waals surface area contributed by atoms with Crippen LogP contribution in [0.3, 0.4) is 0 Å². The van der Waals surface area contributed by atoms with Crippen molar-refractivity contribution < 1.29 is 24.5 Å². The first-order valence-corrected chi connectivity index (χ1v) is 12.8. The lowest BCUT2D eigenvalue weighted by atomic mass is 9.74. The molecule has 36 heavy (non-hydrogen) atoms. The minimum absolute atomic E-state index is 0.134. The predicted octanol–water partition coefficient (Wildman–Crippen LogP) is 2.93. The van der Waals surface area contributed by atoms with Crippen LogP contribution in [0.4, 0.5) is 0 Å². The molecule has 0 aliphatic carbocycles. The van der Waals surface area contributed by atoms with E-state index in [1.54, 1.807) is 0 Å². The van der Waals surface area contributed by atoms with Crippen molar-refractivity contribution in [2.24, 2.45) is 11.1 Å². The van der Waals surface area contributed by atoms with E-state index in [4.69, 9.17) is 4.84 Å². The van der Waals surface area contributed by atoms with Crippen molar-refractivity contribution in [3.05, 3.63) is 71.1 Å². The molecule has 3 aromatic rings. The van der Waals surface area contributed by atoms with Crippen LogP contribution >= 0.6 is 11.3 Å². The van der Waals surface area contributed by atoms with Gasteiger partial charge in [-0.05, 0) is 35.4 Å². The second-order valence-electron chi connectivity index (χ2n) is 9.54. The summed E-state index contributed by atoms with van der Waals surface area (Å²) >= 11 is 1.41. The Morgan fingerprint density at radius 1 is 1.14 bits per heavy atom. The summed E-state index contributed by atoms with van der Waals surface area (Å²) in [6.45, 7) is 4.01. The van der Waals surface area contributed by atoms with Gasteiger partial charge in [0.1, 0.15) is 0 Å². The summed E-state index contributed by atoms with van der Waals surface area (Å²) in [4.78, 5) is 32.6. The lowest BCUT2D eigenvalue weighted by Crippen LogP contribution is -2.56. The fourth-order valence-electron chi connectivity index (χ4n) is 4.29. The van der Waals surface area contributed by atoms with Crippen molar-refractivity contribution in [3.8, 4) is 0 Å². The van der Waals surface area contributed by atoms with Crippen LogP contribution in [0, 0.1) is 5.92 Å². The molecule has 1 aromatic heterocycles. The van der Waals surface area contributed by atoms with Gasteiger partial charge in [-0.2, -0.15) is 0 Å². The Morgan fingerprint density at radius 3 is 2.56 bits per heavy atom. The number of benzene rings is 2. The number of carbonyl (C=O) groups is 2. The summed E-state index contributed by atoms with van der Waals surface area (Å²) in [6, 6.07) is 19.1. The van der Waals surface area contributed by atoms with Gasteiger partial charge in [-0.25, -0.2) is 0 Å². The molecule has 1 aliphatic rings. The van der Waals surface area contributed by atoms with Crippen LogP contribution in [0.1, 0.15) is 41.9 Å². The maximum atomic E-state index is 13.5. The number of oxime groups is 1. The molecule has 0 bridgehead atoms. The van der Waals surface area contributed by atoms with E-state index in [2.05, 4.69) is 15.8 Å². The standard InChI is InChI=1S/C26H30BN3O5S/c1-17(2)12-23(27(33)34)29-25(32)26(14-18-8-4-3-5-9-18)15-20(30-35-26)16-28-24(31)22-13-19-10-6-7-11-21(19)36-22/h3-11,13,17,23,33-34H,12,14-16H2,1-2H3,(H,28,31)(H,29,32)/t23-,26?/m0/s1. The number of hydrogen-bond acceptors (Lipinski definition) is 7. The maximum absolute atomic E-state index is 13.5. The lowest BCUT2D eigenvalue weighted by molar-refractivity contribution is -0.144. The third-order valence-corrected chi connectivity index (χ3v) is 7.20. The number of fused-ring (bicyclic) bond motifs is 1. The molecular formula is C26H30BN3O5S. The van der Waals surface area contributed by atoms with Gasteiger partial charge in [0, 0.05) is 17.5 Å². The van der Waals surface area contributed by atoms with Crippen LogP contribution in [0.5, 0.6) is 0 Å². The fraction of sp³-hybridized carbons (Fsp3) is 0.346. The van der Waals surface area contributed by atoms with Gasteiger partial charge in [-0.3, -0.25) is 9.59 Å². The quantitative estimate of drug-likeness (QED) is 0.315. The zero-order valence-corrected chi connectivity index (χ0v) is 21.1. The highest BCUT2D eigenvalue weighted by molar-refractivity contribution is 7.20. The second-order valence-corrected chi connectivity index (χ2v) is 10.6. The largest absolute Gasteiger partial charge is 0.475 e. The monoisotopic (exact) mass is 507 g/mol. The van der Waals surface area contributed by atoms with E-state index >= 15 is 0 Å². The van der Waals surface area contributed by atoms with Crippen LogP contribution in [-0.4, -0.2) is 52.8 Å². The zero-order valence-electron chi connectivity index (χ0n) is 20.3.